The van der Waals surface area contributed by atoms with Crippen LogP contribution < -0.4 is 5.32 Å². The molecule has 0 saturated carbocycles. The third kappa shape index (κ3) is 3.55. The molecule has 1 N–H and O–H groups in total. The first kappa shape index (κ1) is 13.6. The summed E-state index contributed by atoms with van der Waals surface area (Å²) in [6.07, 6.45) is 1.27. The maximum absolute atomic E-state index is 8.67. The van der Waals surface area contributed by atoms with Crippen molar-refractivity contribution in [3.8, 4) is 6.07 Å². The highest BCUT2D eigenvalue weighted by Gasteiger charge is 2.12. The fourth-order valence-corrected chi connectivity index (χ4v) is 2.61. The minimum absolute atomic E-state index is 0.0705. The molecule has 0 aliphatic heterocycles. The van der Waals surface area contributed by atoms with Gasteiger partial charge in [0.15, 0.2) is 0 Å². The number of anilines is 1. The van der Waals surface area contributed by atoms with Gasteiger partial charge in [-0.15, -0.1) is 0 Å². The van der Waals surface area contributed by atoms with Gasteiger partial charge in [0.05, 0.1) is 28.2 Å². The largest absolute Gasteiger partial charge is 0.379 e. The average molecular weight is 322 g/mol. The number of nitriles is 1. The van der Waals surface area contributed by atoms with Crippen molar-refractivity contribution in [3.63, 3.8) is 0 Å². The van der Waals surface area contributed by atoms with E-state index in [4.69, 9.17) is 28.5 Å². The van der Waals surface area contributed by atoms with E-state index < -0.39 is 0 Å². The third-order valence-corrected chi connectivity index (χ3v) is 3.24. The van der Waals surface area contributed by atoms with Gasteiger partial charge in [-0.1, -0.05) is 46.1 Å². The number of halogens is 3. The lowest BCUT2D eigenvalue weighted by molar-refractivity contribution is 0.711. The summed E-state index contributed by atoms with van der Waals surface area (Å²) < 4.78 is 0.835. The molecule has 1 atom stereocenters. The predicted molar refractivity (Wildman–Crippen MR) is 72.1 cm³/mol. The minimum Gasteiger partial charge on any atom is -0.379 e. The Morgan fingerprint density at radius 1 is 1.44 bits per heavy atom. The lowest BCUT2D eigenvalue weighted by atomic mass is 10.1. The number of benzene rings is 1. The quantitative estimate of drug-likeness (QED) is 0.859. The van der Waals surface area contributed by atoms with Gasteiger partial charge in [-0.05, 0) is 18.6 Å². The molecule has 0 fully saturated rings. The second kappa shape index (κ2) is 6.34. The maximum atomic E-state index is 8.67. The Labute approximate surface area is 114 Å². The lowest BCUT2D eigenvalue weighted by Crippen LogP contribution is -2.18. The highest BCUT2D eigenvalue weighted by Crippen LogP contribution is 2.34. The molecule has 0 radical (unpaired) electrons. The van der Waals surface area contributed by atoms with E-state index in [-0.39, 0.29) is 6.04 Å². The van der Waals surface area contributed by atoms with Crippen LogP contribution in [-0.2, 0) is 0 Å². The molecule has 0 aliphatic carbocycles. The van der Waals surface area contributed by atoms with Gasteiger partial charge < -0.3 is 5.32 Å². The summed E-state index contributed by atoms with van der Waals surface area (Å²) in [5.41, 5.74) is 0.689. The molecular weight excluding hydrogens is 311 g/mol. The average Bonchev–Trinajstić information content (AvgIpc) is 2.21. The first-order valence-corrected chi connectivity index (χ1v) is 6.41. The third-order valence-electron chi connectivity index (χ3n) is 2.19. The summed E-state index contributed by atoms with van der Waals surface area (Å²) in [6.45, 7) is 2.01. The van der Waals surface area contributed by atoms with Crippen LogP contribution in [0.25, 0.3) is 0 Å². The Bertz CT molecular complexity index is 392. The molecule has 1 aromatic carbocycles. The van der Waals surface area contributed by atoms with Crippen molar-refractivity contribution in [1.82, 2.24) is 0 Å². The van der Waals surface area contributed by atoms with Crippen LogP contribution in [0.3, 0.4) is 0 Å². The Morgan fingerprint density at radius 2 is 2.00 bits per heavy atom. The van der Waals surface area contributed by atoms with Gasteiger partial charge in [0.2, 0.25) is 0 Å². The van der Waals surface area contributed by atoms with E-state index in [9.17, 15) is 0 Å². The molecule has 1 aromatic rings. The van der Waals surface area contributed by atoms with E-state index in [1.165, 1.54) is 0 Å². The normalized spacial score (nSPS) is 11.9. The Hall–Kier alpha value is -0.430. The van der Waals surface area contributed by atoms with E-state index in [0.717, 1.165) is 10.9 Å². The number of nitrogens with one attached hydrogen (secondary N) is 1. The van der Waals surface area contributed by atoms with Gasteiger partial charge in [0.1, 0.15) is 0 Å². The van der Waals surface area contributed by atoms with Gasteiger partial charge in [-0.25, -0.2) is 0 Å². The molecular formula is C11H11BrCl2N2. The van der Waals surface area contributed by atoms with Gasteiger partial charge in [0.25, 0.3) is 0 Å². The first-order valence-electron chi connectivity index (χ1n) is 4.86. The summed E-state index contributed by atoms with van der Waals surface area (Å²) in [4.78, 5) is 0. The van der Waals surface area contributed by atoms with E-state index in [1.54, 1.807) is 12.1 Å². The summed E-state index contributed by atoms with van der Waals surface area (Å²) in [5.74, 6) is 0. The molecule has 0 amide bonds. The molecule has 0 heterocycles. The van der Waals surface area contributed by atoms with Gasteiger partial charge >= 0.3 is 0 Å². The Balaban J connectivity index is 2.92. The molecule has 2 nitrogen and oxygen atoms in total. The van der Waals surface area contributed by atoms with Gasteiger partial charge in [-0.2, -0.15) is 5.26 Å². The number of rotatable bonds is 4. The van der Waals surface area contributed by atoms with Crippen LogP contribution in [0.5, 0.6) is 0 Å². The van der Waals surface area contributed by atoms with Gasteiger partial charge in [-0.3, -0.25) is 0 Å². The first-order chi connectivity index (χ1) is 7.58. The standard InChI is InChI=1S/C11H11BrCl2N2/c1-2-8(3-4-15)16-11-9(13)5-7(12)6-10(11)14/h5-6,8,16H,2-3H2,1H3. The molecule has 5 heteroatoms. The van der Waals surface area contributed by atoms with E-state index in [0.29, 0.717) is 22.2 Å². The highest BCUT2D eigenvalue weighted by molar-refractivity contribution is 9.10. The summed E-state index contributed by atoms with van der Waals surface area (Å²) in [6, 6.07) is 5.75. The van der Waals surface area contributed by atoms with Crippen LogP contribution in [0.2, 0.25) is 10.0 Å². The van der Waals surface area contributed by atoms with Crippen molar-refractivity contribution in [3.05, 3.63) is 26.7 Å². The van der Waals surface area contributed by atoms with Crippen molar-refractivity contribution in [2.24, 2.45) is 0 Å². The topological polar surface area (TPSA) is 35.8 Å². The number of nitrogens with zero attached hydrogens (tertiary/aromatic N) is 1. The monoisotopic (exact) mass is 320 g/mol. The van der Waals surface area contributed by atoms with Gasteiger partial charge in [0, 0.05) is 10.5 Å². The number of hydrogen-bond donors (Lipinski definition) is 1. The van der Waals surface area contributed by atoms with Crippen molar-refractivity contribution in [2.75, 3.05) is 5.32 Å². The summed E-state index contributed by atoms with van der Waals surface area (Å²) in [7, 11) is 0. The van der Waals surface area contributed by atoms with Crippen LogP contribution >= 0.6 is 39.1 Å². The summed E-state index contributed by atoms with van der Waals surface area (Å²) in [5, 5.41) is 13.0. The van der Waals surface area contributed by atoms with Crippen molar-refractivity contribution < 1.29 is 0 Å². The van der Waals surface area contributed by atoms with Crippen molar-refractivity contribution in [1.29, 1.82) is 5.26 Å². The fourth-order valence-electron chi connectivity index (χ4n) is 1.29. The van der Waals surface area contributed by atoms with Crippen LogP contribution in [0.1, 0.15) is 19.8 Å². The molecule has 16 heavy (non-hydrogen) atoms. The second-order valence-corrected chi connectivity index (χ2v) is 5.09. The minimum atomic E-state index is 0.0705. The lowest BCUT2D eigenvalue weighted by Gasteiger charge is -2.17. The van der Waals surface area contributed by atoms with Crippen LogP contribution in [0.15, 0.2) is 16.6 Å². The molecule has 0 aromatic heterocycles. The summed E-state index contributed by atoms with van der Waals surface area (Å²) >= 11 is 15.5. The molecule has 0 saturated heterocycles. The zero-order valence-corrected chi connectivity index (χ0v) is 11.8. The van der Waals surface area contributed by atoms with E-state index >= 15 is 0 Å². The smallest absolute Gasteiger partial charge is 0.0722 e. The zero-order chi connectivity index (χ0) is 12.1. The molecule has 86 valence electrons. The predicted octanol–water partition coefficient (Wildman–Crippen LogP) is 4.86. The Kier molecular flexibility index (Phi) is 5.40. The SMILES string of the molecule is CCC(CC#N)Nc1c(Cl)cc(Br)cc1Cl. The Morgan fingerprint density at radius 3 is 2.44 bits per heavy atom. The molecule has 1 rings (SSSR count). The maximum Gasteiger partial charge on any atom is 0.0722 e. The van der Waals surface area contributed by atoms with E-state index in [2.05, 4.69) is 27.3 Å². The number of hydrogen-bond acceptors (Lipinski definition) is 2. The van der Waals surface area contributed by atoms with Crippen LogP contribution in [0.4, 0.5) is 5.69 Å². The zero-order valence-electron chi connectivity index (χ0n) is 8.73. The molecule has 1 unspecified atom stereocenters. The molecule has 0 aliphatic rings. The van der Waals surface area contributed by atoms with Crippen molar-refractivity contribution >= 4 is 44.8 Å². The highest BCUT2D eigenvalue weighted by atomic mass is 79.9. The van der Waals surface area contributed by atoms with Crippen LogP contribution in [0, 0.1) is 11.3 Å². The van der Waals surface area contributed by atoms with Crippen LogP contribution in [-0.4, -0.2) is 6.04 Å². The molecule has 0 spiro atoms. The van der Waals surface area contributed by atoms with Crippen molar-refractivity contribution in [2.45, 2.75) is 25.8 Å². The second-order valence-electron chi connectivity index (χ2n) is 3.36. The fraction of sp³-hybridized carbons (Fsp3) is 0.364. The van der Waals surface area contributed by atoms with E-state index in [1.807, 2.05) is 6.92 Å². The molecule has 0 bridgehead atoms.